The van der Waals surface area contributed by atoms with E-state index in [9.17, 15) is 13.2 Å². The van der Waals surface area contributed by atoms with Gasteiger partial charge in [-0.3, -0.25) is 9.10 Å². The SMILES string of the molecule is CCc1ccc(N(CC(=O)N[C@H](c2ccccc2)c2ccc(C)cc2)S(=O)(=O)c2ccccc2)cc1. The van der Waals surface area contributed by atoms with Crippen LogP contribution >= 0.6 is 0 Å². The molecule has 6 heteroatoms. The molecule has 4 aromatic rings. The molecule has 0 saturated heterocycles. The molecule has 5 nitrogen and oxygen atoms in total. The van der Waals surface area contributed by atoms with Crippen LogP contribution in [0.2, 0.25) is 0 Å². The van der Waals surface area contributed by atoms with Crippen molar-refractivity contribution in [2.24, 2.45) is 0 Å². The van der Waals surface area contributed by atoms with Crippen LogP contribution in [-0.2, 0) is 21.2 Å². The quantitative estimate of drug-likeness (QED) is 0.324. The highest BCUT2D eigenvalue weighted by Gasteiger charge is 2.28. The molecule has 1 atom stereocenters. The van der Waals surface area contributed by atoms with Gasteiger partial charge in [-0.1, -0.05) is 97.4 Å². The minimum atomic E-state index is -3.97. The number of benzene rings is 4. The van der Waals surface area contributed by atoms with Gasteiger partial charge in [-0.2, -0.15) is 0 Å². The topological polar surface area (TPSA) is 66.5 Å². The zero-order valence-corrected chi connectivity index (χ0v) is 21.3. The highest BCUT2D eigenvalue weighted by molar-refractivity contribution is 7.92. The molecule has 0 spiro atoms. The first kappa shape index (κ1) is 25.2. The second kappa shape index (κ2) is 11.2. The lowest BCUT2D eigenvalue weighted by Crippen LogP contribution is -2.42. The van der Waals surface area contributed by atoms with Crippen molar-refractivity contribution in [1.29, 1.82) is 0 Å². The first-order valence-corrected chi connectivity index (χ1v) is 13.4. The van der Waals surface area contributed by atoms with E-state index in [-0.39, 0.29) is 11.4 Å². The van der Waals surface area contributed by atoms with Crippen LogP contribution in [0.3, 0.4) is 0 Å². The fourth-order valence-corrected chi connectivity index (χ4v) is 5.48. The smallest absolute Gasteiger partial charge is 0.264 e. The number of nitrogens with one attached hydrogen (secondary N) is 1. The van der Waals surface area contributed by atoms with Crippen LogP contribution in [0.5, 0.6) is 0 Å². The van der Waals surface area contributed by atoms with Crippen LogP contribution in [-0.4, -0.2) is 20.9 Å². The highest BCUT2D eigenvalue weighted by Crippen LogP contribution is 2.26. The van der Waals surface area contributed by atoms with Crippen molar-refractivity contribution in [2.75, 3.05) is 10.8 Å². The summed E-state index contributed by atoms with van der Waals surface area (Å²) in [5, 5.41) is 3.07. The molecule has 36 heavy (non-hydrogen) atoms. The van der Waals surface area contributed by atoms with Gasteiger partial charge < -0.3 is 5.32 Å². The van der Waals surface area contributed by atoms with Crippen LogP contribution in [0.25, 0.3) is 0 Å². The van der Waals surface area contributed by atoms with Gasteiger partial charge in [0, 0.05) is 0 Å². The maximum Gasteiger partial charge on any atom is 0.264 e. The van der Waals surface area contributed by atoms with E-state index < -0.39 is 22.0 Å². The zero-order chi connectivity index (χ0) is 25.5. The second-order valence-corrected chi connectivity index (χ2v) is 10.5. The summed E-state index contributed by atoms with van der Waals surface area (Å²) in [5.41, 5.74) is 4.48. The average Bonchev–Trinajstić information content (AvgIpc) is 2.92. The van der Waals surface area contributed by atoms with Crippen molar-refractivity contribution in [1.82, 2.24) is 5.32 Å². The zero-order valence-electron chi connectivity index (χ0n) is 20.5. The van der Waals surface area contributed by atoms with Gasteiger partial charge in [0.1, 0.15) is 6.54 Å². The van der Waals surface area contributed by atoms with Gasteiger partial charge in [0.05, 0.1) is 16.6 Å². The van der Waals surface area contributed by atoms with Crippen LogP contribution in [0.4, 0.5) is 5.69 Å². The molecule has 184 valence electrons. The molecule has 0 aliphatic carbocycles. The lowest BCUT2D eigenvalue weighted by Gasteiger charge is -2.26. The Morgan fingerprint density at radius 2 is 1.33 bits per heavy atom. The summed E-state index contributed by atoms with van der Waals surface area (Å²) in [6.45, 7) is 3.70. The molecule has 0 aliphatic rings. The lowest BCUT2D eigenvalue weighted by molar-refractivity contribution is -0.120. The highest BCUT2D eigenvalue weighted by atomic mass is 32.2. The Morgan fingerprint density at radius 1 is 0.778 bits per heavy atom. The van der Waals surface area contributed by atoms with Gasteiger partial charge in [-0.15, -0.1) is 0 Å². The van der Waals surface area contributed by atoms with E-state index >= 15 is 0 Å². The number of hydrogen-bond acceptors (Lipinski definition) is 3. The lowest BCUT2D eigenvalue weighted by atomic mass is 9.98. The molecular formula is C30H30N2O3S. The van der Waals surface area contributed by atoms with Gasteiger partial charge in [-0.25, -0.2) is 8.42 Å². The third-order valence-electron chi connectivity index (χ3n) is 6.10. The number of amides is 1. The summed E-state index contributed by atoms with van der Waals surface area (Å²) in [7, 11) is -3.97. The van der Waals surface area contributed by atoms with Gasteiger partial charge in [-0.05, 0) is 54.3 Å². The van der Waals surface area contributed by atoms with E-state index in [0.29, 0.717) is 5.69 Å². The van der Waals surface area contributed by atoms with Crippen molar-refractivity contribution in [3.05, 3.63) is 131 Å². The van der Waals surface area contributed by atoms with Crippen LogP contribution < -0.4 is 9.62 Å². The van der Waals surface area contributed by atoms with Crippen molar-refractivity contribution in [2.45, 2.75) is 31.2 Å². The third-order valence-corrected chi connectivity index (χ3v) is 7.89. The fraction of sp³-hybridized carbons (Fsp3) is 0.167. The molecule has 0 unspecified atom stereocenters. The number of carbonyl (C=O) groups excluding carboxylic acids is 1. The molecule has 4 aromatic carbocycles. The van der Waals surface area contributed by atoms with E-state index in [0.717, 1.165) is 28.7 Å². The van der Waals surface area contributed by atoms with Crippen LogP contribution in [0.1, 0.15) is 35.2 Å². The maximum atomic E-state index is 13.6. The molecule has 4 rings (SSSR count). The fourth-order valence-electron chi connectivity index (χ4n) is 4.03. The van der Waals surface area contributed by atoms with E-state index in [1.165, 1.54) is 4.31 Å². The monoisotopic (exact) mass is 498 g/mol. The van der Waals surface area contributed by atoms with Gasteiger partial charge in [0.15, 0.2) is 0 Å². The molecule has 0 heterocycles. The first-order valence-electron chi connectivity index (χ1n) is 12.0. The van der Waals surface area contributed by atoms with Crippen molar-refractivity contribution in [3.63, 3.8) is 0 Å². The third kappa shape index (κ3) is 5.83. The number of nitrogens with zero attached hydrogens (tertiary/aromatic N) is 1. The first-order chi connectivity index (χ1) is 17.4. The largest absolute Gasteiger partial charge is 0.344 e. The maximum absolute atomic E-state index is 13.6. The second-order valence-electron chi connectivity index (χ2n) is 8.67. The Bertz CT molecular complexity index is 1390. The predicted molar refractivity (Wildman–Crippen MR) is 144 cm³/mol. The number of carbonyl (C=O) groups is 1. The number of anilines is 1. The number of rotatable bonds is 9. The molecule has 1 amide bonds. The minimum Gasteiger partial charge on any atom is -0.344 e. The predicted octanol–water partition coefficient (Wildman–Crippen LogP) is 5.66. The summed E-state index contributed by atoms with van der Waals surface area (Å²) in [4.78, 5) is 13.6. The Kier molecular flexibility index (Phi) is 7.86. The number of sulfonamides is 1. The molecule has 0 aliphatic heterocycles. The average molecular weight is 499 g/mol. The van der Waals surface area contributed by atoms with Crippen molar-refractivity contribution < 1.29 is 13.2 Å². The van der Waals surface area contributed by atoms with Crippen molar-refractivity contribution >= 4 is 21.6 Å². The number of aryl methyl sites for hydroxylation is 2. The molecule has 1 N–H and O–H groups in total. The van der Waals surface area contributed by atoms with Crippen LogP contribution in [0.15, 0.2) is 114 Å². The molecule has 0 bridgehead atoms. The Balaban J connectivity index is 1.67. The summed E-state index contributed by atoms with van der Waals surface area (Å²) in [6, 6.07) is 32.7. The molecule has 0 aromatic heterocycles. The van der Waals surface area contributed by atoms with E-state index in [4.69, 9.17) is 0 Å². The minimum absolute atomic E-state index is 0.135. The summed E-state index contributed by atoms with van der Waals surface area (Å²) < 4.78 is 28.4. The van der Waals surface area contributed by atoms with E-state index in [2.05, 4.69) is 5.32 Å². The normalized spacial score (nSPS) is 12.1. The Hall–Kier alpha value is -3.90. The summed E-state index contributed by atoms with van der Waals surface area (Å²) in [5.74, 6) is -0.400. The molecule has 0 saturated carbocycles. The van der Waals surface area contributed by atoms with Gasteiger partial charge >= 0.3 is 0 Å². The summed E-state index contributed by atoms with van der Waals surface area (Å²) >= 11 is 0. The van der Waals surface area contributed by atoms with Gasteiger partial charge in [0.2, 0.25) is 5.91 Å². The Morgan fingerprint density at radius 3 is 1.92 bits per heavy atom. The standard InChI is InChI=1S/C30H30N2O3S/c1-3-24-16-20-27(21-17-24)32(36(34,35)28-12-8-5-9-13-28)22-29(33)31-30(25-10-6-4-7-11-25)26-18-14-23(2)15-19-26/h4-21,30H,3,22H2,1-2H3,(H,31,33)/t30-/m1/s1. The van der Waals surface area contributed by atoms with Gasteiger partial charge in [0.25, 0.3) is 10.0 Å². The van der Waals surface area contributed by atoms with Crippen molar-refractivity contribution in [3.8, 4) is 0 Å². The van der Waals surface area contributed by atoms with E-state index in [1.807, 2.05) is 80.6 Å². The Labute approximate surface area is 213 Å². The van der Waals surface area contributed by atoms with Crippen LogP contribution in [0, 0.1) is 6.92 Å². The molecule has 0 radical (unpaired) electrons. The number of hydrogen-bond donors (Lipinski definition) is 1. The van der Waals surface area contributed by atoms with E-state index in [1.54, 1.807) is 42.5 Å². The molecule has 0 fully saturated rings. The molecular weight excluding hydrogens is 468 g/mol. The summed E-state index contributed by atoms with van der Waals surface area (Å²) in [6.07, 6.45) is 0.835.